The Morgan fingerprint density at radius 2 is 2.04 bits per heavy atom. The lowest BCUT2D eigenvalue weighted by Crippen LogP contribution is -2.36. The second kappa shape index (κ2) is 6.48. The van der Waals surface area contributed by atoms with Crippen LogP contribution in [0.5, 0.6) is 11.5 Å². The third-order valence-corrected chi connectivity index (χ3v) is 5.13. The zero-order valence-electron chi connectivity index (χ0n) is 16.3. The molecule has 28 heavy (non-hydrogen) atoms. The number of nitrogens with zero attached hydrogens (tertiary/aromatic N) is 1. The summed E-state index contributed by atoms with van der Waals surface area (Å²) in [6, 6.07) is 5.07. The van der Waals surface area contributed by atoms with Crippen LogP contribution in [0.25, 0.3) is 6.08 Å². The van der Waals surface area contributed by atoms with Gasteiger partial charge in [-0.2, -0.15) is 0 Å². The summed E-state index contributed by atoms with van der Waals surface area (Å²) in [5.74, 6) is 0.213. The van der Waals surface area contributed by atoms with Crippen molar-refractivity contribution >= 4 is 23.5 Å². The Bertz CT molecular complexity index is 995. The minimum Gasteiger partial charge on any atom is -0.488 e. The van der Waals surface area contributed by atoms with Crippen molar-refractivity contribution in [1.29, 1.82) is 0 Å². The van der Waals surface area contributed by atoms with Gasteiger partial charge >= 0.3 is 0 Å². The maximum absolute atomic E-state index is 13.0. The first kappa shape index (κ1) is 18.2. The minimum atomic E-state index is -0.581. The lowest BCUT2D eigenvalue weighted by Gasteiger charge is -2.34. The first-order chi connectivity index (χ1) is 13.3. The molecular formula is C22H22N2O4. The number of amides is 1. The van der Waals surface area contributed by atoms with Gasteiger partial charge in [0.2, 0.25) is 0 Å². The van der Waals surface area contributed by atoms with Gasteiger partial charge in [-0.15, -0.1) is 0 Å². The number of ketones is 1. The summed E-state index contributed by atoms with van der Waals surface area (Å²) in [6.45, 7) is 7.52. The van der Waals surface area contributed by atoms with Crippen molar-refractivity contribution in [3.05, 3.63) is 53.4 Å². The Kier molecular flexibility index (Phi) is 4.22. The molecule has 0 bridgehead atoms. The highest BCUT2D eigenvalue weighted by molar-refractivity contribution is 6.11. The Morgan fingerprint density at radius 1 is 1.25 bits per heavy atom. The number of anilines is 1. The van der Waals surface area contributed by atoms with Crippen molar-refractivity contribution < 1.29 is 19.1 Å². The van der Waals surface area contributed by atoms with Gasteiger partial charge in [0, 0.05) is 6.20 Å². The van der Waals surface area contributed by atoms with E-state index in [0.717, 1.165) is 0 Å². The van der Waals surface area contributed by atoms with Crippen LogP contribution in [0.15, 0.2) is 36.7 Å². The summed E-state index contributed by atoms with van der Waals surface area (Å²) in [5, 5.41) is 2.82. The fourth-order valence-electron chi connectivity index (χ4n) is 3.37. The number of rotatable bonds is 2. The van der Waals surface area contributed by atoms with Crippen LogP contribution >= 0.6 is 0 Å². The topological polar surface area (TPSA) is 77.5 Å². The Hall–Kier alpha value is -3.15. The van der Waals surface area contributed by atoms with E-state index in [0.29, 0.717) is 33.9 Å². The van der Waals surface area contributed by atoms with E-state index < -0.39 is 5.60 Å². The Labute approximate surface area is 163 Å². The van der Waals surface area contributed by atoms with Crippen molar-refractivity contribution in [2.75, 3.05) is 5.32 Å². The van der Waals surface area contributed by atoms with Gasteiger partial charge in [0.05, 0.1) is 34.5 Å². The number of Topliss-reactive ketones (excluding diaryl/α,β-unsaturated/α-hetero) is 1. The van der Waals surface area contributed by atoms with Crippen LogP contribution in [-0.4, -0.2) is 28.4 Å². The van der Waals surface area contributed by atoms with Crippen LogP contribution in [-0.2, 0) is 0 Å². The number of benzene rings is 1. The summed E-state index contributed by atoms with van der Waals surface area (Å²) >= 11 is 0. The van der Waals surface area contributed by atoms with E-state index in [2.05, 4.69) is 10.3 Å². The second-order valence-corrected chi connectivity index (χ2v) is 7.75. The molecular weight excluding hydrogens is 356 g/mol. The van der Waals surface area contributed by atoms with Crippen LogP contribution in [0.3, 0.4) is 0 Å². The number of aromatic nitrogens is 1. The molecule has 0 saturated carbocycles. The number of fused-ring (bicyclic) bond motifs is 3. The summed E-state index contributed by atoms with van der Waals surface area (Å²) < 4.78 is 12.2. The maximum Gasteiger partial charge on any atom is 0.259 e. The first-order valence-corrected chi connectivity index (χ1v) is 9.28. The molecule has 3 heterocycles. The van der Waals surface area contributed by atoms with E-state index in [-0.39, 0.29) is 23.7 Å². The van der Waals surface area contributed by atoms with Gasteiger partial charge in [0.15, 0.2) is 5.78 Å². The molecule has 2 aliphatic heterocycles. The molecule has 1 N–H and O–H groups in total. The average Bonchev–Trinajstić information content (AvgIpc) is 2.65. The van der Waals surface area contributed by atoms with Crippen LogP contribution in [0.1, 0.15) is 54.0 Å². The fourth-order valence-corrected chi connectivity index (χ4v) is 3.37. The molecule has 0 radical (unpaired) electrons. The number of carbonyl (C=O) groups excluding carboxylic acids is 2. The summed E-state index contributed by atoms with van der Waals surface area (Å²) in [6.07, 6.45) is 6.71. The Morgan fingerprint density at radius 3 is 2.75 bits per heavy atom. The predicted molar refractivity (Wildman–Crippen MR) is 106 cm³/mol. The summed E-state index contributed by atoms with van der Waals surface area (Å²) in [5.41, 5.74) is 1.32. The molecule has 0 saturated heterocycles. The third kappa shape index (κ3) is 3.05. The molecule has 2 aromatic rings. The lowest BCUT2D eigenvalue weighted by atomic mass is 9.87. The van der Waals surface area contributed by atoms with Gasteiger partial charge in [-0.1, -0.05) is 6.92 Å². The molecule has 2 unspecified atom stereocenters. The third-order valence-electron chi connectivity index (χ3n) is 5.13. The van der Waals surface area contributed by atoms with E-state index >= 15 is 0 Å². The van der Waals surface area contributed by atoms with Gasteiger partial charge in [-0.3, -0.25) is 14.6 Å². The molecule has 2 atom stereocenters. The smallest absolute Gasteiger partial charge is 0.259 e. The summed E-state index contributed by atoms with van der Waals surface area (Å²) in [7, 11) is 0. The molecule has 1 amide bonds. The highest BCUT2D eigenvalue weighted by Crippen LogP contribution is 2.45. The number of hydrogen-bond donors (Lipinski definition) is 1. The molecule has 0 fully saturated rings. The fraction of sp³-hybridized carbons (Fsp3) is 0.318. The zero-order chi connectivity index (χ0) is 20.1. The van der Waals surface area contributed by atoms with Gasteiger partial charge in [-0.05, 0) is 51.1 Å². The largest absolute Gasteiger partial charge is 0.488 e. The molecule has 0 spiro atoms. The van der Waals surface area contributed by atoms with Crippen molar-refractivity contribution in [3.63, 3.8) is 0 Å². The lowest BCUT2D eigenvalue weighted by molar-refractivity contribution is 0.0726. The van der Waals surface area contributed by atoms with Crippen LogP contribution < -0.4 is 14.8 Å². The van der Waals surface area contributed by atoms with Gasteiger partial charge in [0.25, 0.3) is 5.91 Å². The molecule has 2 aliphatic rings. The highest BCUT2D eigenvalue weighted by atomic mass is 16.5. The van der Waals surface area contributed by atoms with Crippen molar-refractivity contribution in [2.45, 2.75) is 39.4 Å². The predicted octanol–water partition coefficient (Wildman–Crippen LogP) is 4.12. The van der Waals surface area contributed by atoms with Crippen LogP contribution in [0.4, 0.5) is 5.69 Å². The second-order valence-electron chi connectivity index (χ2n) is 7.75. The number of nitrogens with one attached hydrogen (secondary N) is 1. The summed E-state index contributed by atoms with van der Waals surface area (Å²) in [4.78, 5) is 29.9. The number of carbonyl (C=O) groups is 2. The van der Waals surface area contributed by atoms with Gasteiger partial charge < -0.3 is 14.8 Å². The molecule has 1 aromatic carbocycles. The van der Waals surface area contributed by atoms with Crippen molar-refractivity contribution in [1.82, 2.24) is 4.98 Å². The average molecular weight is 378 g/mol. The normalized spacial score (nSPS) is 21.8. The number of ether oxygens (including phenoxy) is 2. The Balaban J connectivity index is 1.86. The SMILES string of the molecule is CC1Oc2c(cc(C(=O)Nc3cccnc3)c3c2C=CC(C)(C)O3)C(=O)C1C. The molecule has 6 nitrogen and oxygen atoms in total. The van der Waals surface area contributed by atoms with E-state index in [9.17, 15) is 9.59 Å². The van der Waals surface area contributed by atoms with Crippen LogP contribution in [0, 0.1) is 5.92 Å². The molecule has 1 aromatic heterocycles. The monoisotopic (exact) mass is 378 g/mol. The van der Waals surface area contributed by atoms with Crippen molar-refractivity contribution in [3.8, 4) is 11.5 Å². The van der Waals surface area contributed by atoms with E-state index in [1.165, 1.54) is 0 Å². The zero-order valence-corrected chi connectivity index (χ0v) is 16.3. The maximum atomic E-state index is 13.0. The molecule has 0 aliphatic carbocycles. The van der Waals surface area contributed by atoms with Crippen molar-refractivity contribution in [2.24, 2.45) is 5.92 Å². The standard InChI is InChI=1S/C22H22N2O4/c1-12-13(2)27-19-15-7-8-22(3,4)28-20(15)17(10-16(19)18(12)25)21(26)24-14-6-5-9-23-11-14/h5-13H,1-4H3,(H,24,26). The quantitative estimate of drug-likeness (QED) is 0.851. The molecule has 4 rings (SSSR count). The van der Waals surface area contributed by atoms with Gasteiger partial charge in [-0.25, -0.2) is 0 Å². The van der Waals surface area contributed by atoms with E-state index in [4.69, 9.17) is 9.47 Å². The van der Waals surface area contributed by atoms with E-state index in [1.807, 2.05) is 39.8 Å². The number of pyridine rings is 1. The number of hydrogen-bond acceptors (Lipinski definition) is 5. The van der Waals surface area contributed by atoms with Crippen LogP contribution in [0.2, 0.25) is 0 Å². The highest BCUT2D eigenvalue weighted by Gasteiger charge is 2.38. The van der Waals surface area contributed by atoms with E-state index in [1.54, 1.807) is 30.6 Å². The molecule has 6 heteroatoms. The minimum absolute atomic E-state index is 0.0368. The van der Waals surface area contributed by atoms with Gasteiger partial charge in [0.1, 0.15) is 23.2 Å². The first-order valence-electron chi connectivity index (χ1n) is 9.28. The molecule has 144 valence electrons.